The Morgan fingerprint density at radius 1 is 0.462 bits per heavy atom. The molecule has 0 unspecified atom stereocenters. The molecule has 0 N–H and O–H groups in total. The first-order chi connectivity index (χ1) is 11.0. The maximum atomic E-state index is 12.6. The van der Waals surface area contributed by atoms with Crippen molar-refractivity contribution in [3.05, 3.63) is 22.3 Å². The summed E-state index contributed by atoms with van der Waals surface area (Å²) in [7, 11) is 0. The minimum atomic E-state index is -6.74. The summed E-state index contributed by atoms with van der Waals surface area (Å²) >= 11 is 0. The fourth-order valence-electron chi connectivity index (χ4n) is 1.83. The highest BCUT2D eigenvalue weighted by Gasteiger charge is 2.58. The van der Waals surface area contributed by atoms with Gasteiger partial charge in [0.15, 0.2) is 0 Å². The van der Waals surface area contributed by atoms with Gasteiger partial charge in [0.2, 0.25) is 0 Å². The largest absolute Gasteiger partial charge is 0.421 e. The molecule has 0 nitrogen and oxygen atoms in total. The molecule has 0 spiro atoms. The second-order valence-electron chi connectivity index (χ2n) is 4.67. The van der Waals surface area contributed by atoms with E-state index in [1.165, 1.54) is 0 Å². The minimum absolute atomic E-state index is 0.299. The van der Waals surface area contributed by atoms with Crippen molar-refractivity contribution in [3.8, 4) is 0 Å². The van der Waals surface area contributed by atoms with Crippen molar-refractivity contribution >= 4 is 0 Å². The number of halogens is 15. The van der Waals surface area contributed by atoms with Gasteiger partial charge in [0.1, 0.15) is 11.1 Å². The minimum Gasteiger partial charge on any atom is -0.166 e. The van der Waals surface area contributed by atoms with Gasteiger partial charge in [0.25, 0.3) is 0 Å². The van der Waals surface area contributed by atoms with E-state index in [1.54, 1.807) is 0 Å². The first kappa shape index (κ1) is 24.4. The molecular weight excluding hydrogens is 417 g/mol. The van der Waals surface area contributed by atoms with Crippen LogP contribution >= 0.6 is 0 Å². The molecule has 0 atom stereocenters. The molecule has 154 valence electrons. The zero-order chi connectivity index (χ0) is 21.5. The first-order valence-corrected chi connectivity index (χ1v) is 5.79. The van der Waals surface area contributed by atoms with Crippen LogP contribution in [0.1, 0.15) is 13.3 Å². The monoisotopic (exact) mass is 422 g/mol. The Balaban J connectivity index is 6.87. The zero-order valence-electron chi connectivity index (χ0n) is 11.9. The molecule has 0 heterocycles. The highest BCUT2D eigenvalue weighted by atomic mass is 19.4. The molecule has 0 radical (unpaired) electrons. The molecule has 15 heteroatoms. The molecule has 26 heavy (non-hydrogen) atoms. The Morgan fingerprint density at radius 2 is 0.731 bits per heavy atom. The summed E-state index contributed by atoms with van der Waals surface area (Å²) in [6, 6.07) is 0. The zero-order valence-corrected chi connectivity index (χ0v) is 11.9. The normalized spacial score (nSPS) is 14.3. The molecule has 0 aromatic carbocycles. The molecule has 0 aromatic heterocycles. The van der Waals surface area contributed by atoms with Crippen LogP contribution in [0.4, 0.5) is 65.9 Å². The maximum Gasteiger partial charge on any atom is 0.421 e. The highest BCUT2D eigenvalue weighted by Crippen LogP contribution is 2.48. The van der Waals surface area contributed by atoms with Crippen LogP contribution in [0.15, 0.2) is 22.3 Å². The number of allylic oxidation sites excluding steroid dienone is 4. The van der Waals surface area contributed by atoms with E-state index in [0.717, 1.165) is 0 Å². The molecule has 0 aliphatic heterocycles. The van der Waals surface area contributed by atoms with Gasteiger partial charge in [-0.05, 0) is 13.3 Å². The Bertz CT molecular complexity index is 537. The molecule has 0 rings (SSSR count). The van der Waals surface area contributed by atoms with Gasteiger partial charge in [-0.1, -0.05) is 5.57 Å². The van der Waals surface area contributed by atoms with Crippen molar-refractivity contribution in [2.75, 3.05) is 0 Å². The Hall–Kier alpha value is -1.57. The maximum absolute atomic E-state index is 12.6. The quantitative estimate of drug-likeness (QED) is 0.339. The van der Waals surface area contributed by atoms with Crippen LogP contribution in [0.3, 0.4) is 0 Å². The van der Waals surface area contributed by atoms with E-state index in [9.17, 15) is 65.9 Å². The Labute approximate surface area is 133 Å². The average Bonchev–Trinajstić information content (AvgIpc) is 2.17. The standard InChI is InChI=1S/C11H5F15/c1-3(5(8(15,16)17)9(18,19)20)2-4(7(12,13)14)6(10(21,22)23)11(24,25)26/h2H2,1H3. The number of hydrogen-bond donors (Lipinski definition) is 0. The van der Waals surface area contributed by atoms with Crippen LogP contribution < -0.4 is 0 Å². The van der Waals surface area contributed by atoms with E-state index in [0.29, 0.717) is 0 Å². The third-order valence-electron chi connectivity index (χ3n) is 2.65. The van der Waals surface area contributed by atoms with E-state index >= 15 is 0 Å². The van der Waals surface area contributed by atoms with Crippen molar-refractivity contribution in [2.24, 2.45) is 0 Å². The van der Waals surface area contributed by atoms with E-state index in [-0.39, 0.29) is 6.92 Å². The molecule has 0 saturated carbocycles. The summed E-state index contributed by atoms with van der Waals surface area (Å²) in [6.45, 7) is -0.299. The molecule has 0 bridgehead atoms. The molecule has 0 aromatic rings. The lowest BCUT2D eigenvalue weighted by atomic mass is 9.95. The van der Waals surface area contributed by atoms with Gasteiger partial charge < -0.3 is 0 Å². The molecule has 0 saturated heterocycles. The average molecular weight is 422 g/mol. The van der Waals surface area contributed by atoms with Gasteiger partial charge >= 0.3 is 30.9 Å². The predicted octanol–water partition coefficient (Wildman–Crippen LogP) is 6.80. The fraction of sp³-hybridized carbons (Fsp3) is 0.636. The van der Waals surface area contributed by atoms with Crippen LogP contribution in [-0.2, 0) is 0 Å². The van der Waals surface area contributed by atoms with Gasteiger partial charge in [-0.2, -0.15) is 65.9 Å². The van der Waals surface area contributed by atoms with Crippen molar-refractivity contribution < 1.29 is 65.9 Å². The molecule has 0 aliphatic rings. The number of rotatable bonds is 2. The van der Waals surface area contributed by atoms with Crippen LogP contribution in [0.5, 0.6) is 0 Å². The van der Waals surface area contributed by atoms with Gasteiger partial charge in [-0.25, -0.2) is 0 Å². The lowest BCUT2D eigenvalue weighted by Crippen LogP contribution is -2.33. The van der Waals surface area contributed by atoms with Crippen molar-refractivity contribution in [1.29, 1.82) is 0 Å². The second kappa shape index (κ2) is 6.87. The summed E-state index contributed by atoms with van der Waals surface area (Å²) < 4.78 is 186. The summed E-state index contributed by atoms with van der Waals surface area (Å²) in [5, 5.41) is 0. The van der Waals surface area contributed by atoms with Crippen LogP contribution in [-0.4, -0.2) is 30.9 Å². The summed E-state index contributed by atoms with van der Waals surface area (Å²) in [4.78, 5) is 0. The number of alkyl halides is 15. The topological polar surface area (TPSA) is 0 Å². The molecule has 0 aliphatic carbocycles. The lowest BCUT2D eigenvalue weighted by molar-refractivity contribution is -0.182. The second-order valence-corrected chi connectivity index (χ2v) is 4.67. The van der Waals surface area contributed by atoms with Gasteiger partial charge in [-0.15, -0.1) is 0 Å². The molecular formula is C11H5F15. The summed E-state index contributed by atoms with van der Waals surface area (Å²) in [6.07, 6.45) is -35.6. The summed E-state index contributed by atoms with van der Waals surface area (Å²) in [5.74, 6) is 0. The predicted molar refractivity (Wildman–Crippen MR) is 54.6 cm³/mol. The highest BCUT2D eigenvalue weighted by molar-refractivity contribution is 5.34. The van der Waals surface area contributed by atoms with Gasteiger partial charge in [0.05, 0.1) is 5.57 Å². The number of hydrogen-bond acceptors (Lipinski definition) is 0. The fourth-order valence-corrected chi connectivity index (χ4v) is 1.83. The van der Waals surface area contributed by atoms with Crippen molar-refractivity contribution in [3.63, 3.8) is 0 Å². The first-order valence-electron chi connectivity index (χ1n) is 5.79. The third kappa shape index (κ3) is 6.30. The smallest absolute Gasteiger partial charge is 0.166 e. The van der Waals surface area contributed by atoms with Crippen LogP contribution in [0.25, 0.3) is 0 Å². The molecule has 0 amide bonds. The molecule has 0 fully saturated rings. The van der Waals surface area contributed by atoms with E-state index in [1.807, 2.05) is 0 Å². The lowest BCUT2D eigenvalue weighted by Gasteiger charge is -2.24. The van der Waals surface area contributed by atoms with Gasteiger partial charge in [0, 0.05) is 0 Å². The Kier molecular flexibility index (Phi) is 6.45. The Morgan fingerprint density at radius 3 is 0.923 bits per heavy atom. The van der Waals surface area contributed by atoms with Crippen molar-refractivity contribution in [2.45, 2.75) is 44.2 Å². The van der Waals surface area contributed by atoms with E-state index < -0.39 is 59.6 Å². The van der Waals surface area contributed by atoms with Crippen LogP contribution in [0.2, 0.25) is 0 Å². The van der Waals surface area contributed by atoms with E-state index in [4.69, 9.17) is 0 Å². The van der Waals surface area contributed by atoms with E-state index in [2.05, 4.69) is 0 Å². The summed E-state index contributed by atoms with van der Waals surface area (Å²) in [5.41, 5.74) is -13.9. The van der Waals surface area contributed by atoms with Crippen molar-refractivity contribution in [1.82, 2.24) is 0 Å². The SMILES string of the molecule is CC(CC(=C(C(F)(F)F)C(F)(F)F)C(F)(F)F)=C(C(F)(F)F)C(F)(F)F. The van der Waals surface area contributed by atoms with Crippen LogP contribution in [0, 0.1) is 0 Å². The third-order valence-corrected chi connectivity index (χ3v) is 2.65. The van der Waals surface area contributed by atoms with Gasteiger partial charge in [-0.3, -0.25) is 0 Å².